The van der Waals surface area contributed by atoms with Crippen molar-refractivity contribution in [1.82, 2.24) is 15.6 Å². The largest absolute Gasteiger partial charge is 0.378 e. The predicted molar refractivity (Wildman–Crippen MR) is 113 cm³/mol. The quantitative estimate of drug-likeness (QED) is 0.394. The lowest BCUT2D eigenvalue weighted by molar-refractivity contribution is 0.122. The summed E-state index contributed by atoms with van der Waals surface area (Å²) >= 11 is 0. The van der Waals surface area contributed by atoms with Gasteiger partial charge in [-0.15, -0.1) is 0 Å². The highest BCUT2D eigenvalue weighted by Crippen LogP contribution is 2.22. The van der Waals surface area contributed by atoms with Crippen LogP contribution in [0.5, 0.6) is 0 Å². The fourth-order valence-electron chi connectivity index (χ4n) is 3.29. The maximum atomic E-state index is 5.46. The minimum atomic E-state index is 0.264. The summed E-state index contributed by atoms with van der Waals surface area (Å²) in [6.07, 6.45) is 6.95. The molecular weight excluding hydrogens is 338 g/mol. The smallest absolute Gasteiger partial charge is 0.191 e. The molecule has 0 saturated carbocycles. The standard InChI is InChI=1S/C21H37N5O/c1-5-6-7-10-21(2,3)17-25-20(22-4)24-16-18-9-8-11-23-19(18)26-12-14-27-15-13-26/h8-9,11H,5-7,10,12-17H2,1-4H3,(H2,22,24,25). The van der Waals surface area contributed by atoms with E-state index in [1.807, 2.05) is 19.3 Å². The minimum Gasteiger partial charge on any atom is -0.378 e. The second kappa shape index (κ2) is 11.1. The van der Waals surface area contributed by atoms with Crippen LogP contribution < -0.4 is 15.5 Å². The third-order valence-electron chi connectivity index (χ3n) is 5.04. The normalized spacial score (nSPS) is 15.7. The molecule has 0 aromatic carbocycles. The van der Waals surface area contributed by atoms with Gasteiger partial charge in [0.25, 0.3) is 0 Å². The number of pyridine rings is 1. The van der Waals surface area contributed by atoms with Crippen LogP contribution in [-0.4, -0.2) is 50.8 Å². The van der Waals surface area contributed by atoms with Gasteiger partial charge in [-0.2, -0.15) is 0 Å². The monoisotopic (exact) mass is 375 g/mol. The maximum absolute atomic E-state index is 5.46. The van der Waals surface area contributed by atoms with E-state index < -0.39 is 0 Å². The van der Waals surface area contributed by atoms with E-state index >= 15 is 0 Å². The fraction of sp³-hybridized carbons (Fsp3) is 0.714. The summed E-state index contributed by atoms with van der Waals surface area (Å²) in [6.45, 7) is 11.8. The number of nitrogens with zero attached hydrogens (tertiary/aromatic N) is 3. The van der Waals surface area contributed by atoms with Crippen molar-refractivity contribution in [1.29, 1.82) is 0 Å². The lowest BCUT2D eigenvalue weighted by atomic mass is 9.87. The Morgan fingerprint density at radius 2 is 2.04 bits per heavy atom. The number of unbranched alkanes of at least 4 members (excludes halogenated alkanes) is 2. The lowest BCUT2D eigenvalue weighted by Gasteiger charge is -2.29. The highest BCUT2D eigenvalue weighted by Gasteiger charge is 2.18. The van der Waals surface area contributed by atoms with Crippen LogP contribution in [0.2, 0.25) is 0 Å². The lowest BCUT2D eigenvalue weighted by Crippen LogP contribution is -2.42. The molecule has 1 aliphatic heterocycles. The number of hydrogen-bond donors (Lipinski definition) is 2. The predicted octanol–water partition coefficient (Wildman–Crippen LogP) is 3.19. The van der Waals surface area contributed by atoms with E-state index in [0.717, 1.165) is 44.6 Å². The van der Waals surface area contributed by atoms with Crippen LogP contribution in [0.3, 0.4) is 0 Å². The number of aromatic nitrogens is 1. The second-order valence-electron chi connectivity index (χ2n) is 7.99. The zero-order valence-corrected chi connectivity index (χ0v) is 17.6. The van der Waals surface area contributed by atoms with E-state index in [4.69, 9.17) is 4.74 Å². The molecule has 27 heavy (non-hydrogen) atoms. The molecule has 0 radical (unpaired) electrons. The molecule has 1 aromatic rings. The average molecular weight is 376 g/mol. The van der Waals surface area contributed by atoms with Gasteiger partial charge in [-0.05, 0) is 17.9 Å². The third kappa shape index (κ3) is 7.37. The van der Waals surface area contributed by atoms with Gasteiger partial charge in [0.2, 0.25) is 0 Å². The van der Waals surface area contributed by atoms with Crippen molar-refractivity contribution in [2.45, 2.75) is 53.0 Å². The van der Waals surface area contributed by atoms with Gasteiger partial charge in [0.05, 0.1) is 13.2 Å². The van der Waals surface area contributed by atoms with E-state index in [0.29, 0.717) is 6.54 Å². The maximum Gasteiger partial charge on any atom is 0.191 e. The van der Waals surface area contributed by atoms with Crippen LogP contribution in [0.4, 0.5) is 5.82 Å². The summed E-state index contributed by atoms with van der Waals surface area (Å²) in [5.41, 5.74) is 1.45. The molecule has 2 heterocycles. The van der Waals surface area contributed by atoms with Crippen molar-refractivity contribution in [2.75, 3.05) is 44.8 Å². The molecule has 6 nitrogen and oxygen atoms in total. The van der Waals surface area contributed by atoms with Crippen LogP contribution >= 0.6 is 0 Å². The Hall–Kier alpha value is -1.82. The summed E-state index contributed by atoms with van der Waals surface area (Å²) in [6, 6.07) is 4.13. The van der Waals surface area contributed by atoms with Crippen molar-refractivity contribution in [3.8, 4) is 0 Å². The number of guanidine groups is 1. The van der Waals surface area contributed by atoms with Crippen molar-refractivity contribution in [2.24, 2.45) is 10.4 Å². The Kier molecular flexibility index (Phi) is 8.85. The van der Waals surface area contributed by atoms with Gasteiger partial charge in [-0.1, -0.05) is 46.1 Å². The fourth-order valence-corrected chi connectivity index (χ4v) is 3.29. The van der Waals surface area contributed by atoms with Gasteiger partial charge in [-0.25, -0.2) is 4.98 Å². The van der Waals surface area contributed by atoms with E-state index in [2.05, 4.69) is 52.3 Å². The molecule has 0 bridgehead atoms. The summed E-state index contributed by atoms with van der Waals surface area (Å²) in [7, 11) is 1.82. The third-order valence-corrected chi connectivity index (χ3v) is 5.04. The first-order chi connectivity index (χ1) is 13.1. The Morgan fingerprint density at radius 1 is 1.26 bits per heavy atom. The van der Waals surface area contributed by atoms with Crippen LogP contribution in [0.15, 0.2) is 23.3 Å². The number of rotatable bonds is 9. The molecule has 0 amide bonds. The van der Waals surface area contributed by atoms with Crippen molar-refractivity contribution < 1.29 is 4.74 Å². The minimum absolute atomic E-state index is 0.264. The van der Waals surface area contributed by atoms with Gasteiger partial charge < -0.3 is 20.3 Å². The molecule has 2 rings (SSSR count). The van der Waals surface area contributed by atoms with E-state index in [1.165, 1.54) is 31.2 Å². The Labute approximate surface area is 164 Å². The first-order valence-corrected chi connectivity index (χ1v) is 10.3. The molecule has 0 spiro atoms. The van der Waals surface area contributed by atoms with Gasteiger partial charge in [0.1, 0.15) is 5.82 Å². The topological polar surface area (TPSA) is 61.8 Å². The van der Waals surface area contributed by atoms with Crippen molar-refractivity contribution >= 4 is 11.8 Å². The first kappa shape index (κ1) is 21.5. The number of hydrogen-bond acceptors (Lipinski definition) is 4. The highest BCUT2D eigenvalue weighted by atomic mass is 16.5. The van der Waals surface area contributed by atoms with Crippen molar-refractivity contribution in [3.63, 3.8) is 0 Å². The van der Waals surface area contributed by atoms with Gasteiger partial charge >= 0.3 is 0 Å². The van der Waals surface area contributed by atoms with Crippen LogP contribution in [-0.2, 0) is 11.3 Å². The Morgan fingerprint density at radius 3 is 2.74 bits per heavy atom. The van der Waals surface area contributed by atoms with E-state index in [1.54, 1.807) is 0 Å². The number of aliphatic imine (C=N–C) groups is 1. The molecule has 1 saturated heterocycles. The number of nitrogens with one attached hydrogen (secondary N) is 2. The Balaban J connectivity index is 1.87. The van der Waals surface area contributed by atoms with Crippen molar-refractivity contribution in [3.05, 3.63) is 23.9 Å². The number of anilines is 1. The van der Waals surface area contributed by atoms with Gasteiger partial charge in [0.15, 0.2) is 5.96 Å². The zero-order valence-electron chi connectivity index (χ0n) is 17.6. The average Bonchev–Trinajstić information content (AvgIpc) is 2.69. The van der Waals surface area contributed by atoms with Crippen LogP contribution in [0.25, 0.3) is 0 Å². The molecule has 152 valence electrons. The first-order valence-electron chi connectivity index (χ1n) is 10.3. The summed E-state index contributed by atoms with van der Waals surface area (Å²) in [5, 5.41) is 6.94. The molecular formula is C21H37N5O. The van der Waals surface area contributed by atoms with E-state index in [9.17, 15) is 0 Å². The summed E-state index contributed by atoms with van der Waals surface area (Å²) < 4.78 is 5.46. The molecule has 2 N–H and O–H groups in total. The Bertz CT molecular complexity index is 582. The van der Waals surface area contributed by atoms with E-state index in [-0.39, 0.29) is 5.41 Å². The SMILES string of the molecule is CCCCCC(C)(C)CNC(=NC)NCc1cccnc1N1CCOCC1. The van der Waals surface area contributed by atoms with Gasteiger partial charge in [0, 0.05) is 45.0 Å². The molecule has 6 heteroatoms. The number of morpholine rings is 1. The molecule has 0 atom stereocenters. The number of ether oxygens (including phenoxy) is 1. The van der Waals surface area contributed by atoms with Gasteiger partial charge in [-0.3, -0.25) is 4.99 Å². The second-order valence-corrected chi connectivity index (χ2v) is 7.99. The molecule has 0 aliphatic carbocycles. The molecule has 1 fully saturated rings. The molecule has 1 aliphatic rings. The highest BCUT2D eigenvalue weighted by molar-refractivity contribution is 5.79. The molecule has 1 aromatic heterocycles. The summed E-state index contributed by atoms with van der Waals surface area (Å²) in [4.78, 5) is 11.3. The summed E-state index contributed by atoms with van der Waals surface area (Å²) in [5.74, 6) is 1.89. The van der Waals surface area contributed by atoms with Crippen LogP contribution in [0, 0.1) is 5.41 Å². The van der Waals surface area contributed by atoms with Crippen LogP contribution in [0.1, 0.15) is 52.0 Å². The molecule has 0 unspecified atom stereocenters. The zero-order chi connectivity index (χ0) is 19.5.